The maximum Gasteiger partial charge on any atom is 0.407 e. The molecule has 0 spiro atoms. The number of benzene rings is 1. The van der Waals surface area contributed by atoms with Crippen molar-refractivity contribution in [2.24, 2.45) is 0 Å². The minimum Gasteiger partial charge on any atom is -0.465 e. The molecule has 2 fully saturated rings. The van der Waals surface area contributed by atoms with Crippen LogP contribution in [-0.2, 0) is 10.0 Å². The predicted molar refractivity (Wildman–Crippen MR) is 99.3 cm³/mol. The molecule has 2 N–H and O–H groups in total. The summed E-state index contributed by atoms with van der Waals surface area (Å²) in [6.45, 7) is 4.22. The van der Waals surface area contributed by atoms with Crippen molar-refractivity contribution in [1.29, 1.82) is 0 Å². The summed E-state index contributed by atoms with van der Waals surface area (Å²) in [5.74, 6) is -0.368. The molecule has 0 aliphatic carbocycles. The first-order chi connectivity index (χ1) is 12.7. The van der Waals surface area contributed by atoms with Gasteiger partial charge in [-0.2, -0.15) is 8.42 Å². The molecule has 2 aliphatic heterocycles. The molecule has 2 aliphatic rings. The zero-order chi connectivity index (χ0) is 19.8. The van der Waals surface area contributed by atoms with Crippen LogP contribution in [-0.4, -0.2) is 73.4 Å². The molecule has 1 unspecified atom stereocenters. The monoisotopic (exact) mass is 400 g/mol. The van der Waals surface area contributed by atoms with Crippen LogP contribution in [0, 0.1) is 12.7 Å². The van der Waals surface area contributed by atoms with Gasteiger partial charge in [-0.15, -0.1) is 0 Å². The van der Waals surface area contributed by atoms with Crippen molar-refractivity contribution < 1.29 is 26.6 Å². The number of piperazine rings is 1. The summed E-state index contributed by atoms with van der Waals surface area (Å²) < 4.78 is 39.0. The molecule has 1 aromatic carbocycles. The van der Waals surface area contributed by atoms with Gasteiger partial charge >= 0.3 is 6.09 Å². The van der Waals surface area contributed by atoms with E-state index in [1.807, 2.05) is 0 Å². The number of aryl methyl sites for hydroxylation is 1. The first-order valence-corrected chi connectivity index (χ1v) is 11.0. The van der Waals surface area contributed by atoms with Gasteiger partial charge in [-0.25, -0.2) is 13.1 Å². The normalized spacial score (nSPS) is 26.0. The van der Waals surface area contributed by atoms with Gasteiger partial charge in [-0.05, 0) is 30.2 Å². The summed E-state index contributed by atoms with van der Waals surface area (Å²) in [6.07, 6.45) is 1.15. The van der Waals surface area contributed by atoms with Crippen LogP contribution >= 0.6 is 0 Å². The van der Waals surface area contributed by atoms with Gasteiger partial charge in [0, 0.05) is 32.5 Å². The second-order valence-corrected chi connectivity index (χ2v) is 9.75. The Balaban J connectivity index is 2.00. The summed E-state index contributed by atoms with van der Waals surface area (Å²) >= 11 is 0. The van der Waals surface area contributed by atoms with Gasteiger partial charge in [0.2, 0.25) is 0 Å². The van der Waals surface area contributed by atoms with Gasteiger partial charge in [0.05, 0.1) is 12.3 Å². The molecule has 0 aromatic heterocycles. The quantitative estimate of drug-likeness (QED) is 0.754. The Kier molecular flexibility index (Phi) is 5.47. The summed E-state index contributed by atoms with van der Waals surface area (Å²) in [6, 6.07) is 3.68. The van der Waals surface area contributed by atoms with Crippen molar-refractivity contribution in [2.75, 3.05) is 39.0 Å². The van der Waals surface area contributed by atoms with E-state index in [4.69, 9.17) is 0 Å². The van der Waals surface area contributed by atoms with Crippen molar-refractivity contribution in [3.8, 4) is 0 Å². The molecular formula is C18H27FN3O4S+. The van der Waals surface area contributed by atoms with Gasteiger partial charge in [0.25, 0.3) is 10.0 Å². The summed E-state index contributed by atoms with van der Waals surface area (Å²) in [4.78, 5) is 13.2. The molecule has 2 heterocycles. The number of amides is 1. The van der Waals surface area contributed by atoms with E-state index >= 15 is 0 Å². The molecule has 27 heavy (non-hydrogen) atoms. The highest BCUT2D eigenvalue weighted by Crippen LogP contribution is 2.39. The number of carboxylic acid groups (broad SMARTS) is 1. The Morgan fingerprint density at radius 1 is 1.33 bits per heavy atom. The number of rotatable bonds is 3. The summed E-state index contributed by atoms with van der Waals surface area (Å²) in [5.41, 5.74) is 1.42. The molecule has 0 radical (unpaired) electrons. The smallest absolute Gasteiger partial charge is 0.407 e. The van der Waals surface area contributed by atoms with E-state index in [1.165, 1.54) is 23.3 Å². The van der Waals surface area contributed by atoms with E-state index in [-0.39, 0.29) is 22.3 Å². The number of nitrogens with one attached hydrogen (secondary N) is 1. The van der Waals surface area contributed by atoms with Crippen molar-refractivity contribution in [3.63, 3.8) is 0 Å². The molecule has 3 rings (SSSR count). The largest absolute Gasteiger partial charge is 0.465 e. The van der Waals surface area contributed by atoms with E-state index < -0.39 is 22.2 Å². The van der Waals surface area contributed by atoms with Crippen LogP contribution in [0.25, 0.3) is 0 Å². The lowest BCUT2D eigenvalue weighted by Gasteiger charge is -2.49. The van der Waals surface area contributed by atoms with Gasteiger partial charge in [0.1, 0.15) is 24.9 Å². The minimum atomic E-state index is -3.38. The highest BCUT2D eigenvalue weighted by Gasteiger charge is 2.50. The number of carbonyl (C=O) groups is 1. The topological polar surface area (TPSA) is 86.7 Å². The number of hydrogen-bond donors (Lipinski definition) is 2. The lowest BCUT2D eigenvalue weighted by atomic mass is 9.88. The Hall–Kier alpha value is -1.71. The Bertz CT molecular complexity index is 824. The molecular weight excluding hydrogens is 373 g/mol. The van der Waals surface area contributed by atoms with Crippen molar-refractivity contribution >= 4 is 16.1 Å². The molecule has 2 saturated heterocycles. The van der Waals surface area contributed by atoms with Crippen LogP contribution < -0.4 is 5.32 Å². The highest BCUT2D eigenvalue weighted by molar-refractivity contribution is 7.85. The predicted octanol–water partition coefficient (Wildman–Crippen LogP) is 1.70. The number of hydrogen-bond acceptors (Lipinski definition) is 4. The molecule has 1 amide bonds. The van der Waals surface area contributed by atoms with Crippen LogP contribution in [0.3, 0.4) is 0 Å². The van der Waals surface area contributed by atoms with Crippen LogP contribution in [0.4, 0.5) is 9.18 Å². The minimum absolute atomic E-state index is 0.00972. The number of likely N-dealkylation sites (tertiary alicyclic amines) is 1. The number of halogens is 1. The van der Waals surface area contributed by atoms with E-state index in [1.54, 1.807) is 13.0 Å². The standard InChI is InChI=1S/C18H26FN3O4S/c1-13-11-14(19)3-4-16(13)17-12-15(5-8-21(17)18(23)24)22(27(2,25)26)9-6-20-7-10-22/h3-4,11,15,17,20H,5-10,12H2,1-2H3/p+1/t15-,17?/m0/s1. The van der Waals surface area contributed by atoms with Gasteiger partial charge in [-0.3, -0.25) is 0 Å². The number of sulfonamides is 1. The zero-order valence-electron chi connectivity index (χ0n) is 15.7. The Labute approximate surface area is 159 Å². The number of piperidine rings is 1. The second kappa shape index (κ2) is 7.37. The fourth-order valence-corrected chi connectivity index (χ4v) is 6.23. The first kappa shape index (κ1) is 20.0. The van der Waals surface area contributed by atoms with Gasteiger partial charge < -0.3 is 15.3 Å². The number of nitrogens with zero attached hydrogens (tertiary/aromatic N) is 2. The summed E-state index contributed by atoms with van der Waals surface area (Å²) in [7, 11) is -3.38. The second-order valence-electron chi connectivity index (χ2n) is 7.55. The summed E-state index contributed by atoms with van der Waals surface area (Å²) in [5, 5.41) is 12.9. The highest BCUT2D eigenvalue weighted by atomic mass is 32.2. The van der Waals surface area contributed by atoms with E-state index in [0.29, 0.717) is 44.6 Å². The Morgan fingerprint density at radius 3 is 2.56 bits per heavy atom. The third-order valence-electron chi connectivity index (χ3n) is 6.07. The maximum atomic E-state index is 13.5. The fraction of sp³-hybridized carbons (Fsp3) is 0.611. The van der Waals surface area contributed by atoms with Crippen LogP contribution in [0.1, 0.15) is 30.0 Å². The lowest BCUT2D eigenvalue weighted by Crippen LogP contribution is -2.67. The average Bonchev–Trinajstić information content (AvgIpc) is 2.61. The molecule has 7 nitrogen and oxygen atoms in total. The average molecular weight is 400 g/mol. The van der Waals surface area contributed by atoms with Gasteiger partial charge in [-0.1, -0.05) is 6.07 Å². The maximum absolute atomic E-state index is 13.5. The van der Waals surface area contributed by atoms with Crippen LogP contribution in [0.15, 0.2) is 18.2 Å². The van der Waals surface area contributed by atoms with Crippen molar-refractivity contribution in [1.82, 2.24) is 10.2 Å². The molecule has 1 aromatic rings. The van der Waals surface area contributed by atoms with Gasteiger partial charge in [0.15, 0.2) is 0 Å². The van der Waals surface area contributed by atoms with Crippen molar-refractivity contribution in [2.45, 2.75) is 31.8 Å². The molecule has 150 valence electrons. The molecule has 0 saturated carbocycles. The third kappa shape index (κ3) is 3.68. The SMILES string of the molecule is Cc1cc(F)ccc1C1C[C@@H]([N+]2(S(C)(=O)=O)CCNCC2)CCN1C(=O)O. The third-order valence-corrected chi connectivity index (χ3v) is 8.06. The molecule has 9 heteroatoms. The zero-order valence-corrected chi connectivity index (χ0v) is 16.5. The molecule has 2 atom stereocenters. The Morgan fingerprint density at radius 2 is 2.00 bits per heavy atom. The number of quaternary nitrogens is 1. The van der Waals surface area contributed by atoms with Crippen molar-refractivity contribution in [3.05, 3.63) is 35.1 Å². The van der Waals surface area contributed by atoms with Crippen LogP contribution in [0.5, 0.6) is 0 Å². The van der Waals surface area contributed by atoms with E-state index in [2.05, 4.69) is 5.32 Å². The van der Waals surface area contributed by atoms with E-state index in [0.717, 1.165) is 5.56 Å². The van der Waals surface area contributed by atoms with E-state index in [9.17, 15) is 22.7 Å². The first-order valence-electron chi connectivity index (χ1n) is 9.19. The fourth-order valence-electron chi connectivity index (χ4n) is 4.65. The lowest BCUT2D eigenvalue weighted by molar-refractivity contribution is -0.837. The molecule has 0 bridgehead atoms. The van der Waals surface area contributed by atoms with Crippen LogP contribution in [0.2, 0.25) is 0 Å².